The van der Waals surface area contributed by atoms with Crippen molar-refractivity contribution in [3.8, 4) is 0 Å². The van der Waals surface area contributed by atoms with E-state index in [9.17, 15) is 9.59 Å². The monoisotopic (exact) mass is 384 g/mol. The third-order valence-electron chi connectivity index (χ3n) is 5.55. The Morgan fingerprint density at radius 2 is 1.62 bits per heavy atom. The van der Waals surface area contributed by atoms with E-state index in [2.05, 4.69) is 11.4 Å². The van der Waals surface area contributed by atoms with Crippen molar-refractivity contribution < 1.29 is 9.59 Å². The van der Waals surface area contributed by atoms with Crippen molar-refractivity contribution in [3.05, 3.63) is 100 Å². The summed E-state index contributed by atoms with van der Waals surface area (Å²) in [5, 5.41) is 2.99. The van der Waals surface area contributed by atoms with Crippen LogP contribution < -0.4 is 5.32 Å². The van der Waals surface area contributed by atoms with Gasteiger partial charge >= 0.3 is 0 Å². The predicted octanol–water partition coefficient (Wildman–Crippen LogP) is 4.75. The van der Waals surface area contributed by atoms with Crippen LogP contribution in [0.25, 0.3) is 0 Å². The van der Waals surface area contributed by atoms with Crippen LogP contribution in [0.5, 0.6) is 0 Å². The molecular formula is C25H24N2O2. The second kappa shape index (κ2) is 7.92. The highest BCUT2D eigenvalue weighted by molar-refractivity contribution is 6.04. The van der Waals surface area contributed by atoms with Crippen LogP contribution in [0, 0.1) is 13.8 Å². The minimum absolute atomic E-state index is 0.0424. The molecule has 0 unspecified atom stereocenters. The number of fused-ring (bicyclic) bond motifs is 1. The highest BCUT2D eigenvalue weighted by atomic mass is 16.2. The molecule has 0 spiro atoms. The summed E-state index contributed by atoms with van der Waals surface area (Å²) in [6.07, 6.45) is 0.819. The second-order valence-electron chi connectivity index (χ2n) is 7.58. The number of aryl methyl sites for hydroxylation is 2. The highest BCUT2D eigenvalue weighted by Gasteiger charge is 2.22. The Morgan fingerprint density at radius 3 is 2.38 bits per heavy atom. The summed E-state index contributed by atoms with van der Waals surface area (Å²) < 4.78 is 0. The predicted molar refractivity (Wildman–Crippen MR) is 115 cm³/mol. The lowest BCUT2D eigenvalue weighted by atomic mass is 9.98. The zero-order chi connectivity index (χ0) is 20.4. The van der Waals surface area contributed by atoms with Gasteiger partial charge in [-0.05, 0) is 78.9 Å². The first-order valence-electron chi connectivity index (χ1n) is 9.86. The van der Waals surface area contributed by atoms with Gasteiger partial charge in [-0.25, -0.2) is 0 Å². The van der Waals surface area contributed by atoms with Crippen molar-refractivity contribution in [1.82, 2.24) is 4.90 Å². The van der Waals surface area contributed by atoms with Gasteiger partial charge in [0.05, 0.1) is 0 Å². The molecule has 0 saturated carbocycles. The fourth-order valence-corrected chi connectivity index (χ4v) is 3.66. The van der Waals surface area contributed by atoms with Gasteiger partial charge < -0.3 is 10.2 Å². The molecule has 0 radical (unpaired) electrons. The summed E-state index contributed by atoms with van der Waals surface area (Å²) in [6, 6.07) is 21.0. The first-order chi connectivity index (χ1) is 14.0. The Labute approximate surface area is 171 Å². The molecule has 146 valence electrons. The minimum atomic E-state index is -0.124. The molecule has 29 heavy (non-hydrogen) atoms. The molecule has 4 rings (SSSR count). The number of benzene rings is 3. The van der Waals surface area contributed by atoms with Crippen LogP contribution in [-0.2, 0) is 13.0 Å². The lowest BCUT2D eigenvalue weighted by Gasteiger charge is -2.29. The van der Waals surface area contributed by atoms with Crippen molar-refractivity contribution in [1.29, 1.82) is 0 Å². The van der Waals surface area contributed by atoms with Gasteiger partial charge in [-0.2, -0.15) is 0 Å². The van der Waals surface area contributed by atoms with Gasteiger partial charge in [-0.3, -0.25) is 9.59 Å². The summed E-state index contributed by atoms with van der Waals surface area (Å²) in [4.78, 5) is 27.3. The molecule has 2 amide bonds. The number of carbonyl (C=O) groups is 2. The second-order valence-corrected chi connectivity index (χ2v) is 7.58. The smallest absolute Gasteiger partial charge is 0.255 e. The molecule has 0 bridgehead atoms. The maximum absolute atomic E-state index is 12.8. The average Bonchev–Trinajstić information content (AvgIpc) is 2.75. The van der Waals surface area contributed by atoms with Crippen molar-refractivity contribution in [2.75, 3.05) is 11.9 Å². The van der Waals surface area contributed by atoms with Crippen LogP contribution in [0.4, 0.5) is 5.69 Å². The van der Waals surface area contributed by atoms with E-state index in [0.717, 1.165) is 23.2 Å². The van der Waals surface area contributed by atoms with Gasteiger partial charge in [-0.15, -0.1) is 0 Å². The number of anilines is 1. The number of amides is 2. The molecule has 1 aliphatic rings. The van der Waals surface area contributed by atoms with E-state index in [1.165, 1.54) is 11.1 Å². The van der Waals surface area contributed by atoms with Crippen molar-refractivity contribution in [3.63, 3.8) is 0 Å². The van der Waals surface area contributed by atoms with Crippen LogP contribution in [0.1, 0.15) is 43.0 Å². The quantitative estimate of drug-likeness (QED) is 0.708. The van der Waals surface area contributed by atoms with Crippen LogP contribution in [0.2, 0.25) is 0 Å². The normalized spacial score (nSPS) is 13.0. The number of carbonyl (C=O) groups excluding carboxylic acids is 2. The third kappa shape index (κ3) is 4.06. The molecule has 4 nitrogen and oxygen atoms in total. The van der Waals surface area contributed by atoms with Crippen LogP contribution >= 0.6 is 0 Å². The molecule has 0 fully saturated rings. The minimum Gasteiger partial charge on any atom is -0.334 e. The van der Waals surface area contributed by atoms with Crippen molar-refractivity contribution in [2.45, 2.75) is 26.8 Å². The summed E-state index contributed by atoms with van der Waals surface area (Å²) in [6.45, 7) is 5.29. The maximum atomic E-state index is 12.8. The van der Waals surface area contributed by atoms with Gasteiger partial charge in [0, 0.05) is 29.9 Å². The molecule has 3 aromatic rings. The molecule has 0 aliphatic carbocycles. The zero-order valence-corrected chi connectivity index (χ0v) is 16.7. The van der Waals surface area contributed by atoms with Gasteiger partial charge in [0.2, 0.25) is 0 Å². The summed E-state index contributed by atoms with van der Waals surface area (Å²) in [5.74, 6) is -0.0816. The van der Waals surface area contributed by atoms with Crippen LogP contribution in [0.3, 0.4) is 0 Å². The molecule has 0 saturated heterocycles. The lowest BCUT2D eigenvalue weighted by Crippen LogP contribution is -2.36. The van der Waals surface area contributed by atoms with Crippen LogP contribution in [0.15, 0.2) is 66.7 Å². The SMILES string of the molecule is Cc1ccc(C(=O)Nc2ccc3c(c2)CN(C(=O)c2ccccc2)CC3)cc1C. The summed E-state index contributed by atoms with van der Waals surface area (Å²) >= 11 is 0. The fourth-order valence-electron chi connectivity index (χ4n) is 3.66. The number of nitrogens with one attached hydrogen (secondary N) is 1. The van der Waals surface area contributed by atoms with E-state index in [0.29, 0.717) is 24.2 Å². The zero-order valence-electron chi connectivity index (χ0n) is 16.7. The molecule has 0 aromatic heterocycles. The van der Waals surface area contributed by atoms with E-state index in [-0.39, 0.29) is 11.8 Å². The van der Waals surface area contributed by atoms with Crippen LogP contribution in [-0.4, -0.2) is 23.3 Å². The first-order valence-corrected chi connectivity index (χ1v) is 9.86. The standard InChI is InChI=1S/C25H24N2O2/c1-17-8-9-21(14-18(17)2)24(28)26-23-11-10-19-12-13-27(16-22(19)15-23)25(29)20-6-4-3-5-7-20/h3-11,14-15H,12-13,16H2,1-2H3,(H,26,28). The fraction of sp³-hybridized carbons (Fsp3) is 0.200. The Morgan fingerprint density at radius 1 is 0.828 bits per heavy atom. The average molecular weight is 384 g/mol. The van der Waals surface area contributed by atoms with E-state index < -0.39 is 0 Å². The van der Waals surface area contributed by atoms with Gasteiger partial charge in [-0.1, -0.05) is 30.3 Å². The van der Waals surface area contributed by atoms with E-state index in [4.69, 9.17) is 0 Å². The molecule has 1 heterocycles. The molecule has 1 N–H and O–H groups in total. The van der Waals surface area contributed by atoms with E-state index >= 15 is 0 Å². The highest BCUT2D eigenvalue weighted by Crippen LogP contribution is 2.24. The lowest BCUT2D eigenvalue weighted by molar-refractivity contribution is 0.0734. The number of hydrogen-bond donors (Lipinski definition) is 1. The van der Waals surface area contributed by atoms with E-state index in [1.807, 2.05) is 79.4 Å². The van der Waals surface area contributed by atoms with Gasteiger partial charge in [0.25, 0.3) is 11.8 Å². The molecule has 4 heteroatoms. The Balaban J connectivity index is 1.50. The molecule has 0 atom stereocenters. The topological polar surface area (TPSA) is 49.4 Å². The summed E-state index contributed by atoms with van der Waals surface area (Å²) in [5.41, 5.74) is 6.67. The van der Waals surface area contributed by atoms with Crippen molar-refractivity contribution >= 4 is 17.5 Å². The molecule has 1 aliphatic heterocycles. The van der Waals surface area contributed by atoms with Gasteiger partial charge in [0.15, 0.2) is 0 Å². The molecular weight excluding hydrogens is 360 g/mol. The number of nitrogens with zero attached hydrogens (tertiary/aromatic N) is 1. The first kappa shape index (κ1) is 18.9. The van der Waals surface area contributed by atoms with Gasteiger partial charge in [0.1, 0.15) is 0 Å². The van der Waals surface area contributed by atoms with E-state index in [1.54, 1.807) is 0 Å². The Kier molecular flexibility index (Phi) is 5.17. The number of hydrogen-bond acceptors (Lipinski definition) is 2. The molecule has 3 aromatic carbocycles. The Bertz CT molecular complexity index is 1070. The Hall–Kier alpha value is -3.40. The number of rotatable bonds is 3. The largest absolute Gasteiger partial charge is 0.334 e. The third-order valence-corrected chi connectivity index (χ3v) is 5.55. The van der Waals surface area contributed by atoms with Crippen molar-refractivity contribution in [2.24, 2.45) is 0 Å². The maximum Gasteiger partial charge on any atom is 0.255 e. The summed E-state index contributed by atoms with van der Waals surface area (Å²) in [7, 11) is 0.